The van der Waals surface area contributed by atoms with Crippen molar-refractivity contribution < 1.29 is 0 Å². The Morgan fingerprint density at radius 1 is 1.09 bits per heavy atom. The summed E-state index contributed by atoms with van der Waals surface area (Å²) in [5, 5.41) is 0. The Labute approximate surface area is 72.4 Å². The third-order valence-corrected chi connectivity index (χ3v) is 3.06. The van der Waals surface area contributed by atoms with Gasteiger partial charge in [0.1, 0.15) is 0 Å². The zero-order chi connectivity index (χ0) is 8.91. The first kappa shape index (κ1) is 11.0. The molecule has 0 aromatic carbocycles. The average molecular weight is 156 g/mol. The largest absolute Gasteiger partial charge is 0.0683 e. The molecule has 0 aliphatic heterocycles. The predicted molar refractivity (Wildman–Crippen MR) is 52.8 cm³/mol. The Kier molecular flexibility index (Phi) is 4.79. The fourth-order valence-electron chi connectivity index (χ4n) is 2.25. The zero-order valence-corrected chi connectivity index (χ0v) is 8.91. The summed E-state index contributed by atoms with van der Waals surface area (Å²) < 4.78 is 0. The highest BCUT2D eigenvalue weighted by atomic mass is 14.4. The Balaban J connectivity index is 0.000000461. The molecule has 0 heterocycles. The van der Waals surface area contributed by atoms with Crippen molar-refractivity contribution in [2.24, 2.45) is 11.3 Å². The Morgan fingerprint density at radius 3 is 1.55 bits per heavy atom. The van der Waals surface area contributed by atoms with Crippen LogP contribution in [0.15, 0.2) is 0 Å². The summed E-state index contributed by atoms with van der Waals surface area (Å²) in [5.74, 6) is 1.02. The van der Waals surface area contributed by atoms with Gasteiger partial charge in [-0.1, -0.05) is 47.5 Å². The topological polar surface area (TPSA) is 0 Å². The molecule has 0 bridgehead atoms. The summed E-state index contributed by atoms with van der Waals surface area (Å²) >= 11 is 0. The third kappa shape index (κ3) is 2.50. The molecule has 0 heteroatoms. The van der Waals surface area contributed by atoms with Crippen LogP contribution in [-0.4, -0.2) is 0 Å². The van der Waals surface area contributed by atoms with E-state index in [9.17, 15) is 0 Å². The van der Waals surface area contributed by atoms with Crippen LogP contribution in [0.4, 0.5) is 0 Å². The number of hydrogen-bond donors (Lipinski definition) is 0. The summed E-state index contributed by atoms with van der Waals surface area (Å²) in [4.78, 5) is 0. The summed E-state index contributed by atoms with van der Waals surface area (Å²) in [6, 6.07) is 0. The van der Waals surface area contributed by atoms with Crippen molar-refractivity contribution in [1.82, 2.24) is 0 Å². The van der Waals surface area contributed by atoms with E-state index in [0.29, 0.717) is 0 Å². The van der Waals surface area contributed by atoms with Gasteiger partial charge in [-0.15, -0.1) is 0 Å². The molecule has 0 aromatic heterocycles. The van der Waals surface area contributed by atoms with Gasteiger partial charge in [-0.05, 0) is 24.2 Å². The van der Waals surface area contributed by atoms with Crippen molar-refractivity contribution in [1.29, 1.82) is 0 Å². The quantitative estimate of drug-likeness (QED) is 0.560. The summed E-state index contributed by atoms with van der Waals surface area (Å²) in [5.41, 5.74) is 0.777. The first-order valence-corrected chi connectivity index (χ1v) is 5.22. The van der Waals surface area contributed by atoms with Crippen LogP contribution in [0, 0.1) is 11.3 Å². The van der Waals surface area contributed by atoms with E-state index in [4.69, 9.17) is 0 Å². The van der Waals surface area contributed by atoms with E-state index in [1.165, 1.54) is 25.7 Å². The molecule has 0 nitrogen and oxygen atoms in total. The Morgan fingerprint density at radius 2 is 1.45 bits per heavy atom. The fourth-order valence-corrected chi connectivity index (χ4v) is 2.25. The van der Waals surface area contributed by atoms with Gasteiger partial charge < -0.3 is 0 Å². The van der Waals surface area contributed by atoms with Crippen molar-refractivity contribution in [3.8, 4) is 0 Å². The monoisotopic (exact) mass is 156 g/mol. The molecule has 0 spiro atoms. The van der Waals surface area contributed by atoms with Crippen LogP contribution >= 0.6 is 0 Å². The van der Waals surface area contributed by atoms with Crippen molar-refractivity contribution in [3.63, 3.8) is 0 Å². The summed E-state index contributed by atoms with van der Waals surface area (Å²) in [7, 11) is 0. The first-order chi connectivity index (χ1) is 5.22. The number of hydrogen-bond acceptors (Lipinski definition) is 0. The van der Waals surface area contributed by atoms with Gasteiger partial charge in [0, 0.05) is 0 Å². The van der Waals surface area contributed by atoms with Gasteiger partial charge in [-0.2, -0.15) is 0 Å². The van der Waals surface area contributed by atoms with E-state index >= 15 is 0 Å². The highest BCUT2D eigenvalue weighted by Gasteiger charge is 2.38. The van der Waals surface area contributed by atoms with E-state index < -0.39 is 0 Å². The molecule has 0 N–H and O–H groups in total. The van der Waals surface area contributed by atoms with Crippen molar-refractivity contribution >= 4 is 0 Å². The molecule has 0 atom stereocenters. The second-order valence-electron chi connectivity index (χ2n) is 3.72. The lowest BCUT2D eigenvalue weighted by Crippen LogP contribution is -2.34. The maximum atomic E-state index is 2.36. The molecule has 1 saturated carbocycles. The summed E-state index contributed by atoms with van der Waals surface area (Å²) in [6.45, 7) is 11.0. The highest BCUT2D eigenvalue weighted by Crippen LogP contribution is 2.50. The maximum absolute atomic E-state index is 2.36. The Hall–Kier alpha value is 0. The van der Waals surface area contributed by atoms with Gasteiger partial charge in [0.25, 0.3) is 0 Å². The van der Waals surface area contributed by atoms with Crippen LogP contribution in [0.2, 0.25) is 0 Å². The summed E-state index contributed by atoms with van der Waals surface area (Å²) in [6.07, 6.45) is 5.77. The second-order valence-corrected chi connectivity index (χ2v) is 3.72. The minimum atomic E-state index is 0.777. The SMILES string of the molecule is CC.CCC1(CC)CC(C)C1. The smallest absolute Gasteiger partial charge is 0.0298 e. The van der Waals surface area contributed by atoms with Crippen LogP contribution in [0.25, 0.3) is 0 Å². The average Bonchev–Trinajstić information content (AvgIpc) is 2.02. The lowest BCUT2D eigenvalue weighted by molar-refractivity contribution is 0.0569. The molecule has 1 aliphatic carbocycles. The minimum absolute atomic E-state index is 0.777. The van der Waals surface area contributed by atoms with E-state index in [-0.39, 0.29) is 0 Å². The normalized spacial score (nSPS) is 21.5. The van der Waals surface area contributed by atoms with E-state index in [2.05, 4.69) is 20.8 Å². The molecule has 1 aliphatic rings. The lowest BCUT2D eigenvalue weighted by atomic mass is 9.60. The molecule has 0 radical (unpaired) electrons. The molecule has 1 rings (SSSR count). The molecule has 68 valence electrons. The van der Waals surface area contributed by atoms with Crippen LogP contribution in [0.3, 0.4) is 0 Å². The van der Waals surface area contributed by atoms with Gasteiger partial charge in [-0.3, -0.25) is 0 Å². The van der Waals surface area contributed by atoms with Crippen LogP contribution in [0.1, 0.15) is 60.3 Å². The van der Waals surface area contributed by atoms with Crippen molar-refractivity contribution in [3.05, 3.63) is 0 Å². The van der Waals surface area contributed by atoms with Gasteiger partial charge in [0.05, 0.1) is 0 Å². The zero-order valence-electron chi connectivity index (χ0n) is 8.91. The highest BCUT2D eigenvalue weighted by molar-refractivity contribution is 4.89. The standard InChI is InChI=1S/C9H18.C2H6/c1-4-9(5-2)6-8(3)7-9;1-2/h8H,4-7H2,1-3H3;1-2H3. The van der Waals surface area contributed by atoms with Gasteiger partial charge >= 0.3 is 0 Å². The predicted octanol–water partition coefficient (Wildman–Crippen LogP) is 4.25. The van der Waals surface area contributed by atoms with Crippen LogP contribution in [0.5, 0.6) is 0 Å². The molecule has 0 saturated heterocycles. The molecular weight excluding hydrogens is 132 g/mol. The first-order valence-electron chi connectivity index (χ1n) is 5.22. The molecular formula is C11H24. The third-order valence-electron chi connectivity index (χ3n) is 3.06. The van der Waals surface area contributed by atoms with Gasteiger partial charge in [-0.25, -0.2) is 0 Å². The fraction of sp³-hybridized carbons (Fsp3) is 1.00. The molecule has 0 amide bonds. The van der Waals surface area contributed by atoms with E-state index in [0.717, 1.165) is 11.3 Å². The lowest BCUT2D eigenvalue weighted by Gasteiger charge is -2.45. The van der Waals surface area contributed by atoms with Crippen LogP contribution < -0.4 is 0 Å². The Bertz CT molecular complexity index is 82.2. The van der Waals surface area contributed by atoms with Gasteiger partial charge in [0.2, 0.25) is 0 Å². The van der Waals surface area contributed by atoms with Crippen molar-refractivity contribution in [2.45, 2.75) is 60.3 Å². The molecule has 11 heavy (non-hydrogen) atoms. The molecule has 0 aromatic rings. The minimum Gasteiger partial charge on any atom is -0.0683 e. The molecule has 1 fully saturated rings. The molecule has 0 unspecified atom stereocenters. The number of rotatable bonds is 2. The van der Waals surface area contributed by atoms with Crippen LogP contribution in [-0.2, 0) is 0 Å². The maximum Gasteiger partial charge on any atom is -0.0298 e. The van der Waals surface area contributed by atoms with E-state index in [1.807, 2.05) is 13.8 Å². The second kappa shape index (κ2) is 4.79. The van der Waals surface area contributed by atoms with Crippen molar-refractivity contribution in [2.75, 3.05) is 0 Å². The van der Waals surface area contributed by atoms with E-state index in [1.54, 1.807) is 0 Å². The van der Waals surface area contributed by atoms with Gasteiger partial charge in [0.15, 0.2) is 0 Å².